The van der Waals surface area contributed by atoms with E-state index in [0.717, 1.165) is 22.4 Å². The van der Waals surface area contributed by atoms with Gasteiger partial charge in [0.15, 0.2) is 6.61 Å². The highest BCUT2D eigenvalue weighted by Crippen LogP contribution is 2.25. The molecule has 1 heterocycles. The van der Waals surface area contributed by atoms with Crippen molar-refractivity contribution in [3.8, 4) is 11.5 Å². The van der Waals surface area contributed by atoms with Crippen molar-refractivity contribution >= 4 is 12.0 Å². The van der Waals surface area contributed by atoms with Crippen LogP contribution in [0.4, 0.5) is 4.79 Å². The quantitative estimate of drug-likeness (QED) is 0.835. The van der Waals surface area contributed by atoms with Crippen LogP contribution in [-0.2, 0) is 4.79 Å². The van der Waals surface area contributed by atoms with Gasteiger partial charge in [0, 0.05) is 19.1 Å². The molecule has 2 aromatic carbocycles. The van der Waals surface area contributed by atoms with Gasteiger partial charge in [-0.1, -0.05) is 30.3 Å². The van der Waals surface area contributed by atoms with Gasteiger partial charge in [0.1, 0.15) is 11.5 Å². The highest BCUT2D eigenvalue weighted by Gasteiger charge is 2.25. The minimum absolute atomic E-state index is 0.0125. The van der Waals surface area contributed by atoms with Crippen LogP contribution in [0.3, 0.4) is 0 Å². The summed E-state index contributed by atoms with van der Waals surface area (Å²) in [6, 6.07) is 13.1. The number of likely N-dealkylation sites (tertiary alicyclic amines) is 1. The molecule has 6 nitrogen and oxygen atoms in total. The third-order valence-corrected chi connectivity index (χ3v) is 5.29. The molecule has 1 saturated heterocycles. The summed E-state index contributed by atoms with van der Waals surface area (Å²) in [5, 5.41) is 3.01. The zero-order valence-corrected chi connectivity index (χ0v) is 17.2. The van der Waals surface area contributed by atoms with Crippen molar-refractivity contribution in [1.82, 2.24) is 10.2 Å². The number of aryl methyl sites for hydroxylation is 2. The van der Waals surface area contributed by atoms with Crippen molar-refractivity contribution < 1.29 is 19.1 Å². The van der Waals surface area contributed by atoms with Gasteiger partial charge in [-0.05, 0) is 62.4 Å². The van der Waals surface area contributed by atoms with Crippen LogP contribution in [0.5, 0.6) is 11.5 Å². The smallest absolute Gasteiger partial charge is 0.415 e. The minimum Gasteiger partial charge on any atom is -0.483 e. The maximum Gasteiger partial charge on any atom is 0.415 e. The normalized spacial score (nSPS) is 14.4. The van der Waals surface area contributed by atoms with E-state index in [1.54, 1.807) is 17.0 Å². The molecule has 1 aliphatic heterocycles. The molecule has 0 unspecified atom stereocenters. The van der Waals surface area contributed by atoms with Crippen molar-refractivity contribution in [1.29, 1.82) is 0 Å². The molecule has 1 N–H and O–H groups in total. The van der Waals surface area contributed by atoms with Crippen LogP contribution < -0.4 is 14.8 Å². The first-order chi connectivity index (χ1) is 13.9. The molecule has 0 aromatic heterocycles. The molecule has 0 aliphatic carbocycles. The Kier molecular flexibility index (Phi) is 6.75. The lowest BCUT2D eigenvalue weighted by molar-refractivity contribution is -0.124. The number of carbonyl (C=O) groups is 2. The van der Waals surface area contributed by atoms with Gasteiger partial charge < -0.3 is 19.7 Å². The summed E-state index contributed by atoms with van der Waals surface area (Å²) in [4.78, 5) is 26.2. The fraction of sp³-hybridized carbons (Fsp3) is 0.391. The van der Waals surface area contributed by atoms with Gasteiger partial charge in [0.05, 0.1) is 0 Å². The van der Waals surface area contributed by atoms with Gasteiger partial charge in [0.25, 0.3) is 5.91 Å². The van der Waals surface area contributed by atoms with Crippen molar-refractivity contribution in [2.45, 2.75) is 39.7 Å². The van der Waals surface area contributed by atoms with Crippen LogP contribution in [0.25, 0.3) is 0 Å². The number of ether oxygens (including phenoxy) is 2. The Morgan fingerprint density at radius 1 is 1.00 bits per heavy atom. The Labute approximate surface area is 171 Å². The zero-order valence-electron chi connectivity index (χ0n) is 17.2. The van der Waals surface area contributed by atoms with Gasteiger partial charge in [-0.2, -0.15) is 0 Å². The predicted octanol–water partition coefficient (Wildman–Crippen LogP) is 3.77. The second-order valence-electron chi connectivity index (χ2n) is 7.45. The van der Waals surface area contributed by atoms with Crippen molar-refractivity contribution in [2.75, 3.05) is 19.7 Å². The molecule has 6 heteroatoms. The maximum absolute atomic E-state index is 12.3. The SMILES string of the molecule is Cc1ccc(C)c(OCC(=O)NC2CCN(C(=O)Oc3ccccc3)CC2)c1C. The van der Waals surface area contributed by atoms with E-state index in [0.29, 0.717) is 31.7 Å². The molecule has 2 aromatic rings. The molecule has 154 valence electrons. The summed E-state index contributed by atoms with van der Waals surface area (Å²) < 4.78 is 11.2. The minimum atomic E-state index is -0.352. The van der Waals surface area contributed by atoms with E-state index in [9.17, 15) is 9.59 Å². The standard InChI is InChI=1S/C23H28N2O4/c1-16-9-10-17(2)22(18(16)3)28-15-21(26)24-19-11-13-25(14-12-19)23(27)29-20-7-5-4-6-8-20/h4-10,19H,11-15H2,1-3H3,(H,24,26). The van der Waals surface area contributed by atoms with Gasteiger partial charge in [-0.3, -0.25) is 4.79 Å². The molecule has 1 fully saturated rings. The highest BCUT2D eigenvalue weighted by atomic mass is 16.6. The average molecular weight is 396 g/mol. The fourth-order valence-corrected chi connectivity index (χ4v) is 3.41. The number of carbonyl (C=O) groups excluding carboxylic acids is 2. The summed E-state index contributed by atoms with van der Waals surface area (Å²) in [5.74, 6) is 1.17. The van der Waals surface area contributed by atoms with Gasteiger partial charge in [-0.15, -0.1) is 0 Å². The van der Waals surface area contributed by atoms with Crippen molar-refractivity contribution in [3.63, 3.8) is 0 Å². The molecule has 29 heavy (non-hydrogen) atoms. The third-order valence-electron chi connectivity index (χ3n) is 5.29. The van der Waals surface area contributed by atoms with Crippen molar-refractivity contribution in [3.05, 3.63) is 59.2 Å². The summed E-state index contributed by atoms with van der Waals surface area (Å²) >= 11 is 0. The van der Waals surface area contributed by atoms with Crippen LogP contribution in [-0.4, -0.2) is 42.6 Å². The molecule has 0 radical (unpaired) electrons. The topological polar surface area (TPSA) is 67.9 Å². The third kappa shape index (κ3) is 5.50. The maximum atomic E-state index is 12.3. The van der Waals surface area contributed by atoms with Crippen LogP contribution in [0, 0.1) is 20.8 Å². The summed E-state index contributed by atoms with van der Waals surface area (Å²) in [6.45, 7) is 7.09. The first-order valence-electron chi connectivity index (χ1n) is 9.95. The second-order valence-corrected chi connectivity index (χ2v) is 7.45. The largest absolute Gasteiger partial charge is 0.483 e. The number of piperidine rings is 1. The number of para-hydroxylation sites is 1. The lowest BCUT2D eigenvalue weighted by Gasteiger charge is -2.31. The molecule has 0 atom stereocenters. The predicted molar refractivity (Wildman–Crippen MR) is 111 cm³/mol. The van der Waals surface area contributed by atoms with Crippen LogP contribution >= 0.6 is 0 Å². The van der Waals surface area contributed by atoms with Crippen LogP contribution in [0.2, 0.25) is 0 Å². The monoisotopic (exact) mass is 396 g/mol. The molecule has 1 aliphatic rings. The fourth-order valence-electron chi connectivity index (χ4n) is 3.41. The first-order valence-corrected chi connectivity index (χ1v) is 9.95. The van der Waals surface area contributed by atoms with Gasteiger partial charge in [0.2, 0.25) is 0 Å². The lowest BCUT2D eigenvalue weighted by Crippen LogP contribution is -2.48. The number of benzene rings is 2. The molecular weight excluding hydrogens is 368 g/mol. The van der Waals surface area contributed by atoms with E-state index in [2.05, 4.69) is 5.32 Å². The number of nitrogens with one attached hydrogen (secondary N) is 1. The Morgan fingerprint density at radius 3 is 2.34 bits per heavy atom. The lowest BCUT2D eigenvalue weighted by atomic mass is 10.1. The first kappa shape index (κ1) is 20.7. The Balaban J connectivity index is 1.43. The van der Waals surface area contributed by atoms with E-state index in [1.807, 2.05) is 51.1 Å². The number of nitrogens with zero attached hydrogens (tertiary/aromatic N) is 1. The van der Waals surface area contributed by atoms with Crippen LogP contribution in [0.15, 0.2) is 42.5 Å². The number of rotatable bonds is 5. The second kappa shape index (κ2) is 9.45. The molecule has 3 rings (SSSR count). The molecule has 0 bridgehead atoms. The number of amides is 2. The Bertz CT molecular complexity index is 859. The Morgan fingerprint density at radius 2 is 1.66 bits per heavy atom. The van der Waals surface area contributed by atoms with E-state index in [4.69, 9.17) is 9.47 Å². The van der Waals surface area contributed by atoms with E-state index in [-0.39, 0.29) is 24.6 Å². The highest BCUT2D eigenvalue weighted by molar-refractivity contribution is 5.78. The van der Waals surface area contributed by atoms with Gasteiger partial charge in [-0.25, -0.2) is 4.79 Å². The van der Waals surface area contributed by atoms with E-state index in [1.165, 1.54) is 0 Å². The average Bonchev–Trinajstić information content (AvgIpc) is 2.72. The van der Waals surface area contributed by atoms with E-state index >= 15 is 0 Å². The van der Waals surface area contributed by atoms with Crippen LogP contribution in [0.1, 0.15) is 29.5 Å². The summed E-state index contributed by atoms with van der Waals surface area (Å²) in [7, 11) is 0. The Hall–Kier alpha value is -3.02. The molecular formula is C23H28N2O4. The molecule has 0 saturated carbocycles. The summed E-state index contributed by atoms with van der Waals surface area (Å²) in [6.07, 6.45) is 1.03. The molecule has 2 amide bonds. The van der Waals surface area contributed by atoms with Gasteiger partial charge >= 0.3 is 6.09 Å². The number of hydrogen-bond acceptors (Lipinski definition) is 4. The van der Waals surface area contributed by atoms with E-state index < -0.39 is 0 Å². The summed E-state index contributed by atoms with van der Waals surface area (Å²) in [5.41, 5.74) is 3.22. The molecule has 0 spiro atoms. The zero-order chi connectivity index (χ0) is 20.8. The number of hydrogen-bond donors (Lipinski definition) is 1. The van der Waals surface area contributed by atoms with Crippen molar-refractivity contribution in [2.24, 2.45) is 0 Å².